The van der Waals surface area contributed by atoms with Crippen molar-refractivity contribution in [3.8, 4) is 11.3 Å². The van der Waals surface area contributed by atoms with E-state index in [0.717, 1.165) is 60.9 Å². The van der Waals surface area contributed by atoms with Gasteiger partial charge in [0.25, 0.3) is 5.69 Å². The number of non-ortho nitro benzene ring substituents is 1. The number of hydrogen-bond acceptors (Lipinski definition) is 5. The lowest BCUT2D eigenvalue weighted by Crippen LogP contribution is -2.43. The van der Waals surface area contributed by atoms with Crippen molar-refractivity contribution in [3.63, 3.8) is 0 Å². The molecular weight excluding hydrogens is 330 g/mol. The van der Waals surface area contributed by atoms with Crippen LogP contribution in [0.25, 0.3) is 16.9 Å². The number of fused-ring (bicyclic) bond motifs is 1. The van der Waals surface area contributed by atoms with Crippen LogP contribution in [-0.2, 0) is 6.54 Å². The van der Waals surface area contributed by atoms with Gasteiger partial charge in [-0.05, 0) is 24.6 Å². The van der Waals surface area contributed by atoms with Gasteiger partial charge in [0.15, 0.2) is 0 Å². The zero-order chi connectivity index (χ0) is 18.1. The highest BCUT2D eigenvalue weighted by Gasteiger charge is 2.20. The average Bonchev–Trinajstić information content (AvgIpc) is 3.00. The first-order valence-electron chi connectivity index (χ1n) is 8.77. The van der Waals surface area contributed by atoms with E-state index in [-0.39, 0.29) is 10.6 Å². The maximum Gasteiger partial charge on any atom is 0.270 e. The monoisotopic (exact) mass is 351 g/mol. The van der Waals surface area contributed by atoms with Crippen LogP contribution in [0.3, 0.4) is 0 Å². The van der Waals surface area contributed by atoms with Crippen LogP contribution in [0.2, 0.25) is 0 Å². The van der Waals surface area contributed by atoms with E-state index in [2.05, 4.69) is 20.7 Å². The summed E-state index contributed by atoms with van der Waals surface area (Å²) >= 11 is 0. The van der Waals surface area contributed by atoms with Gasteiger partial charge in [0.1, 0.15) is 5.65 Å². The highest BCUT2D eigenvalue weighted by molar-refractivity contribution is 5.69. The van der Waals surface area contributed by atoms with Gasteiger partial charge in [-0.2, -0.15) is 0 Å². The molecule has 1 fully saturated rings. The van der Waals surface area contributed by atoms with E-state index in [1.54, 1.807) is 12.1 Å². The molecule has 0 unspecified atom stereocenters. The fraction of sp³-hybridized carbons (Fsp3) is 0.316. The molecular formula is C19H21N5O2. The summed E-state index contributed by atoms with van der Waals surface area (Å²) in [7, 11) is 0. The van der Waals surface area contributed by atoms with Gasteiger partial charge in [0.05, 0.1) is 16.3 Å². The van der Waals surface area contributed by atoms with Crippen LogP contribution in [0, 0.1) is 17.0 Å². The van der Waals surface area contributed by atoms with Crippen LogP contribution < -0.4 is 5.32 Å². The Morgan fingerprint density at radius 2 is 2.04 bits per heavy atom. The summed E-state index contributed by atoms with van der Waals surface area (Å²) in [6, 6.07) is 10.8. The van der Waals surface area contributed by atoms with Gasteiger partial charge >= 0.3 is 0 Å². The quantitative estimate of drug-likeness (QED) is 0.578. The predicted molar refractivity (Wildman–Crippen MR) is 100 cm³/mol. The molecule has 1 saturated heterocycles. The minimum atomic E-state index is -0.362. The van der Waals surface area contributed by atoms with E-state index in [9.17, 15) is 10.1 Å². The first-order valence-corrected chi connectivity index (χ1v) is 8.77. The Bertz CT molecular complexity index is 960. The molecule has 1 aliphatic rings. The molecule has 0 amide bonds. The van der Waals surface area contributed by atoms with Crippen LogP contribution in [0.1, 0.15) is 11.3 Å². The maximum absolute atomic E-state index is 11.2. The van der Waals surface area contributed by atoms with Crippen molar-refractivity contribution in [2.75, 3.05) is 26.2 Å². The van der Waals surface area contributed by atoms with Crippen molar-refractivity contribution in [2.24, 2.45) is 0 Å². The molecule has 1 N–H and O–H groups in total. The molecule has 26 heavy (non-hydrogen) atoms. The van der Waals surface area contributed by atoms with E-state index < -0.39 is 0 Å². The molecule has 0 saturated carbocycles. The van der Waals surface area contributed by atoms with Crippen molar-refractivity contribution in [1.29, 1.82) is 0 Å². The van der Waals surface area contributed by atoms with Gasteiger partial charge in [-0.25, -0.2) is 4.98 Å². The topological polar surface area (TPSA) is 75.7 Å². The summed E-state index contributed by atoms with van der Waals surface area (Å²) in [4.78, 5) is 18.0. The molecule has 7 heteroatoms. The Morgan fingerprint density at radius 3 is 2.81 bits per heavy atom. The lowest BCUT2D eigenvalue weighted by Gasteiger charge is -2.27. The number of nitro groups is 1. The van der Waals surface area contributed by atoms with Crippen molar-refractivity contribution in [2.45, 2.75) is 13.5 Å². The van der Waals surface area contributed by atoms with Crippen LogP contribution in [0.15, 0.2) is 42.6 Å². The van der Waals surface area contributed by atoms with E-state index in [1.807, 2.05) is 25.3 Å². The Balaban J connectivity index is 1.83. The zero-order valence-corrected chi connectivity index (χ0v) is 14.7. The van der Waals surface area contributed by atoms with E-state index in [0.29, 0.717) is 0 Å². The smallest absolute Gasteiger partial charge is 0.270 e. The Morgan fingerprint density at radius 1 is 1.23 bits per heavy atom. The summed E-state index contributed by atoms with van der Waals surface area (Å²) in [6.45, 7) is 6.71. The average molecular weight is 351 g/mol. The van der Waals surface area contributed by atoms with Crippen molar-refractivity contribution < 1.29 is 4.92 Å². The zero-order valence-electron chi connectivity index (χ0n) is 14.7. The summed E-state index contributed by atoms with van der Waals surface area (Å²) in [6.07, 6.45) is 2.04. The van der Waals surface area contributed by atoms with Crippen molar-refractivity contribution in [3.05, 3.63) is 64.0 Å². The van der Waals surface area contributed by atoms with Crippen molar-refractivity contribution >= 4 is 11.3 Å². The summed E-state index contributed by atoms with van der Waals surface area (Å²) in [5.74, 6) is 0. The third-order valence-corrected chi connectivity index (χ3v) is 4.79. The summed E-state index contributed by atoms with van der Waals surface area (Å²) < 4.78 is 2.10. The predicted octanol–water partition coefficient (Wildman–Crippen LogP) is 2.62. The number of pyridine rings is 1. The van der Waals surface area contributed by atoms with Gasteiger partial charge < -0.3 is 9.72 Å². The minimum Gasteiger partial charge on any atom is -0.314 e. The van der Waals surface area contributed by atoms with E-state index >= 15 is 0 Å². The van der Waals surface area contributed by atoms with E-state index in [4.69, 9.17) is 4.98 Å². The first kappa shape index (κ1) is 16.7. The summed E-state index contributed by atoms with van der Waals surface area (Å²) in [5, 5.41) is 14.5. The molecule has 1 aromatic carbocycles. The second-order valence-corrected chi connectivity index (χ2v) is 6.67. The number of nitrogens with one attached hydrogen (secondary N) is 1. The van der Waals surface area contributed by atoms with Gasteiger partial charge in [0.2, 0.25) is 0 Å². The number of hydrogen-bond donors (Lipinski definition) is 1. The lowest BCUT2D eigenvalue weighted by atomic mass is 10.1. The fourth-order valence-corrected chi connectivity index (χ4v) is 3.43. The molecule has 0 aliphatic carbocycles. The molecule has 3 heterocycles. The Labute approximate surface area is 151 Å². The molecule has 0 atom stereocenters. The highest BCUT2D eigenvalue weighted by Crippen LogP contribution is 2.28. The number of rotatable bonds is 4. The third kappa shape index (κ3) is 3.18. The third-order valence-electron chi connectivity index (χ3n) is 4.79. The minimum absolute atomic E-state index is 0.0869. The normalized spacial score (nSPS) is 15.4. The Hall–Kier alpha value is -2.77. The number of imidazole rings is 1. The molecule has 1 aliphatic heterocycles. The molecule has 0 spiro atoms. The fourth-order valence-electron chi connectivity index (χ4n) is 3.43. The number of aromatic nitrogens is 2. The molecule has 134 valence electrons. The summed E-state index contributed by atoms with van der Waals surface area (Å²) in [5.41, 5.74) is 4.77. The largest absolute Gasteiger partial charge is 0.314 e. The van der Waals surface area contributed by atoms with Gasteiger partial charge in [-0.1, -0.05) is 12.1 Å². The number of piperazine rings is 1. The number of nitro benzene ring substituents is 1. The molecule has 0 bridgehead atoms. The second kappa shape index (κ2) is 6.86. The number of benzene rings is 1. The highest BCUT2D eigenvalue weighted by atomic mass is 16.6. The van der Waals surface area contributed by atoms with E-state index in [1.165, 1.54) is 6.07 Å². The first-order chi connectivity index (χ1) is 12.6. The van der Waals surface area contributed by atoms with Gasteiger partial charge in [0, 0.05) is 56.6 Å². The number of aryl methyl sites for hydroxylation is 1. The van der Waals surface area contributed by atoms with Crippen LogP contribution in [0.4, 0.5) is 5.69 Å². The van der Waals surface area contributed by atoms with Gasteiger partial charge in [-0.3, -0.25) is 15.0 Å². The second-order valence-electron chi connectivity index (χ2n) is 6.67. The van der Waals surface area contributed by atoms with Crippen LogP contribution >= 0.6 is 0 Å². The van der Waals surface area contributed by atoms with Crippen LogP contribution in [-0.4, -0.2) is 45.4 Å². The van der Waals surface area contributed by atoms with Crippen molar-refractivity contribution in [1.82, 2.24) is 19.6 Å². The molecule has 4 rings (SSSR count). The molecule has 7 nitrogen and oxygen atoms in total. The number of nitrogens with zero attached hydrogens (tertiary/aromatic N) is 4. The van der Waals surface area contributed by atoms with Crippen LogP contribution in [0.5, 0.6) is 0 Å². The Kier molecular flexibility index (Phi) is 4.40. The SMILES string of the molecule is Cc1ccn2c(CN3CCNCC3)c(-c3cccc([N+](=O)[O-])c3)nc2c1. The standard InChI is InChI=1S/C19H21N5O2/c1-14-5-8-23-17(13-22-9-6-20-7-10-22)19(21-18(23)11-14)15-3-2-4-16(12-15)24(25)26/h2-5,8,11-12,20H,6-7,9-10,13H2,1H3. The maximum atomic E-state index is 11.2. The molecule has 2 aromatic heterocycles. The molecule has 3 aromatic rings. The lowest BCUT2D eigenvalue weighted by molar-refractivity contribution is -0.384. The van der Waals surface area contributed by atoms with Gasteiger partial charge in [-0.15, -0.1) is 0 Å². The molecule has 0 radical (unpaired) electrons.